The Labute approximate surface area is 169 Å². The van der Waals surface area contributed by atoms with Gasteiger partial charge in [0.25, 0.3) is 0 Å². The van der Waals surface area contributed by atoms with E-state index in [1.807, 2.05) is 18.4 Å². The normalized spacial score (nSPS) is 15.9. The van der Waals surface area contributed by atoms with Crippen LogP contribution in [0.2, 0.25) is 5.02 Å². The standard InChI is InChI=1S/C18H27ClN4O3S/c1-22-7-9-23(10-8-22)16-5-4-13(12-14(16)19)20-18(25)21-15(6-11-27-3)17(24)26-2/h4-5,12,15H,6-11H2,1-3H3,(H2,20,21,25)/t15-/m1/s1. The van der Waals surface area contributed by atoms with Crippen LogP contribution < -0.4 is 15.5 Å². The number of halogens is 1. The lowest BCUT2D eigenvalue weighted by Gasteiger charge is -2.34. The molecular formula is C18H27ClN4O3S. The van der Waals surface area contributed by atoms with Crippen molar-refractivity contribution in [2.45, 2.75) is 12.5 Å². The van der Waals surface area contributed by atoms with Crippen molar-refractivity contribution in [3.05, 3.63) is 23.2 Å². The number of benzene rings is 1. The molecule has 0 aromatic heterocycles. The summed E-state index contributed by atoms with van der Waals surface area (Å²) >= 11 is 8.03. The average molecular weight is 415 g/mol. The molecule has 1 aliphatic heterocycles. The van der Waals surface area contributed by atoms with Crippen molar-refractivity contribution < 1.29 is 14.3 Å². The predicted molar refractivity (Wildman–Crippen MR) is 112 cm³/mol. The number of likely N-dealkylation sites (N-methyl/N-ethyl adjacent to an activating group) is 1. The first kappa shape index (κ1) is 21.7. The molecule has 1 aromatic carbocycles. The number of rotatable bonds is 7. The van der Waals surface area contributed by atoms with Crippen LogP contribution in [0.25, 0.3) is 0 Å². The first-order valence-corrected chi connectivity index (χ1v) is 10.6. The molecule has 2 N–H and O–H groups in total. The van der Waals surface area contributed by atoms with Crippen LogP contribution in [0.1, 0.15) is 6.42 Å². The second kappa shape index (κ2) is 10.6. The number of thioether (sulfide) groups is 1. The maximum Gasteiger partial charge on any atom is 0.328 e. The van der Waals surface area contributed by atoms with E-state index in [0.29, 0.717) is 17.1 Å². The van der Waals surface area contributed by atoms with Crippen LogP contribution in [-0.2, 0) is 9.53 Å². The predicted octanol–water partition coefficient (Wildman–Crippen LogP) is 2.51. The Morgan fingerprint density at radius 1 is 1.30 bits per heavy atom. The fraction of sp³-hybridized carbons (Fsp3) is 0.556. The number of piperazine rings is 1. The van der Waals surface area contributed by atoms with Gasteiger partial charge in [0.1, 0.15) is 6.04 Å². The molecule has 0 unspecified atom stereocenters. The minimum Gasteiger partial charge on any atom is -0.467 e. The maximum absolute atomic E-state index is 12.2. The minimum atomic E-state index is -0.678. The number of urea groups is 1. The number of hydrogen-bond donors (Lipinski definition) is 2. The smallest absolute Gasteiger partial charge is 0.328 e. The molecule has 2 rings (SSSR count). The van der Waals surface area contributed by atoms with Gasteiger partial charge in [0.2, 0.25) is 0 Å². The molecule has 1 heterocycles. The van der Waals surface area contributed by atoms with Gasteiger partial charge in [0, 0.05) is 31.9 Å². The number of carbonyl (C=O) groups is 2. The summed E-state index contributed by atoms with van der Waals surface area (Å²) in [5.41, 5.74) is 1.53. The van der Waals surface area contributed by atoms with E-state index >= 15 is 0 Å². The van der Waals surface area contributed by atoms with E-state index in [-0.39, 0.29) is 0 Å². The molecule has 1 aliphatic rings. The zero-order valence-electron chi connectivity index (χ0n) is 16.0. The number of amides is 2. The molecule has 0 bridgehead atoms. The topological polar surface area (TPSA) is 73.9 Å². The summed E-state index contributed by atoms with van der Waals surface area (Å²) in [6.07, 6.45) is 2.45. The van der Waals surface area contributed by atoms with Crippen molar-refractivity contribution in [1.82, 2.24) is 10.2 Å². The molecule has 0 spiro atoms. The second-order valence-electron chi connectivity index (χ2n) is 6.41. The molecule has 1 saturated heterocycles. The van der Waals surface area contributed by atoms with Crippen LogP contribution in [-0.4, -0.2) is 75.3 Å². The Morgan fingerprint density at radius 3 is 2.59 bits per heavy atom. The lowest BCUT2D eigenvalue weighted by Crippen LogP contribution is -2.44. The third-order valence-corrected chi connectivity index (χ3v) is 5.40. The van der Waals surface area contributed by atoms with E-state index < -0.39 is 18.0 Å². The molecule has 2 amide bonds. The van der Waals surface area contributed by atoms with E-state index in [0.717, 1.165) is 37.6 Å². The van der Waals surface area contributed by atoms with E-state index in [1.54, 1.807) is 17.8 Å². The Morgan fingerprint density at radius 2 is 2.00 bits per heavy atom. The van der Waals surface area contributed by atoms with Gasteiger partial charge >= 0.3 is 12.0 Å². The summed E-state index contributed by atoms with van der Waals surface area (Å²) in [5, 5.41) is 5.97. The van der Waals surface area contributed by atoms with E-state index in [2.05, 4.69) is 27.5 Å². The summed E-state index contributed by atoms with van der Waals surface area (Å²) in [6.45, 7) is 3.81. The summed E-state index contributed by atoms with van der Waals surface area (Å²) in [7, 11) is 3.41. The van der Waals surface area contributed by atoms with Crippen LogP contribution in [0.4, 0.5) is 16.2 Å². The largest absolute Gasteiger partial charge is 0.467 e. The van der Waals surface area contributed by atoms with E-state index in [4.69, 9.17) is 16.3 Å². The number of carbonyl (C=O) groups excluding carboxylic acids is 2. The molecule has 7 nitrogen and oxygen atoms in total. The summed E-state index contributed by atoms with van der Waals surface area (Å²) in [4.78, 5) is 28.6. The molecule has 27 heavy (non-hydrogen) atoms. The van der Waals surface area contributed by atoms with Crippen LogP contribution in [0, 0.1) is 0 Å². The second-order valence-corrected chi connectivity index (χ2v) is 7.80. The first-order valence-electron chi connectivity index (χ1n) is 8.82. The summed E-state index contributed by atoms with van der Waals surface area (Å²) in [5.74, 6) is 0.286. The Balaban J connectivity index is 1.97. The molecule has 1 aromatic rings. The SMILES string of the molecule is COC(=O)[C@@H](CCSC)NC(=O)Nc1ccc(N2CCN(C)CC2)c(Cl)c1. The first-order chi connectivity index (χ1) is 12.9. The number of hydrogen-bond acceptors (Lipinski definition) is 6. The number of methoxy groups -OCH3 is 1. The van der Waals surface area contributed by atoms with Crippen LogP contribution >= 0.6 is 23.4 Å². The van der Waals surface area contributed by atoms with Gasteiger partial charge in [-0.1, -0.05) is 11.6 Å². The molecule has 0 saturated carbocycles. The summed E-state index contributed by atoms with van der Waals surface area (Å²) in [6, 6.07) is 4.31. The number of nitrogens with zero attached hydrogens (tertiary/aromatic N) is 2. The lowest BCUT2D eigenvalue weighted by atomic mass is 10.2. The van der Waals surface area contributed by atoms with Gasteiger partial charge in [0.05, 0.1) is 17.8 Å². The zero-order valence-corrected chi connectivity index (χ0v) is 17.5. The zero-order chi connectivity index (χ0) is 19.8. The molecular weight excluding hydrogens is 388 g/mol. The Bertz CT molecular complexity index is 653. The van der Waals surface area contributed by atoms with Crippen molar-refractivity contribution >= 4 is 46.7 Å². The molecule has 1 fully saturated rings. The van der Waals surface area contributed by atoms with Crippen LogP contribution in [0.5, 0.6) is 0 Å². The highest BCUT2D eigenvalue weighted by Crippen LogP contribution is 2.29. The number of ether oxygens (including phenoxy) is 1. The Hall–Kier alpha value is -1.64. The van der Waals surface area contributed by atoms with Crippen molar-refractivity contribution in [1.29, 1.82) is 0 Å². The highest BCUT2D eigenvalue weighted by molar-refractivity contribution is 7.98. The van der Waals surface area contributed by atoms with Gasteiger partial charge in [-0.15, -0.1) is 0 Å². The highest BCUT2D eigenvalue weighted by atomic mass is 35.5. The number of esters is 1. The van der Waals surface area contributed by atoms with Gasteiger partial charge in [-0.3, -0.25) is 0 Å². The van der Waals surface area contributed by atoms with Crippen molar-refractivity contribution in [2.75, 3.05) is 62.6 Å². The van der Waals surface area contributed by atoms with Crippen LogP contribution in [0.3, 0.4) is 0 Å². The minimum absolute atomic E-state index is 0.456. The van der Waals surface area contributed by atoms with Crippen molar-refractivity contribution in [2.24, 2.45) is 0 Å². The number of nitrogens with one attached hydrogen (secondary N) is 2. The van der Waals surface area contributed by atoms with Crippen molar-refractivity contribution in [3.8, 4) is 0 Å². The molecule has 1 atom stereocenters. The number of anilines is 2. The molecule has 150 valence electrons. The van der Waals surface area contributed by atoms with Gasteiger partial charge in [0.15, 0.2) is 0 Å². The van der Waals surface area contributed by atoms with Gasteiger partial charge in [-0.25, -0.2) is 9.59 Å². The summed E-state index contributed by atoms with van der Waals surface area (Å²) < 4.78 is 4.75. The van der Waals surface area contributed by atoms with Crippen molar-refractivity contribution in [3.63, 3.8) is 0 Å². The average Bonchev–Trinajstić information content (AvgIpc) is 2.65. The quantitative estimate of drug-likeness (QED) is 0.668. The fourth-order valence-corrected chi connectivity index (χ4v) is 3.61. The molecule has 0 aliphatic carbocycles. The monoisotopic (exact) mass is 414 g/mol. The maximum atomic E-state index is 12.2. The Kier molecular flexibility index (Phi) is 8.53. The van der Waals surface area contributed by atoms with Gasteiger partial charge < -0.3 is 25.2 Å². The van der Waals surface area contributed by atoms with E-state index in [1.165, 1.54) is 7.11 Å². The molecule has 0 radical (unpaired) electrons. The van der Waals surface area contributed by atoms with E-state index in [9.17, 15) is 9.59 Å². The fourth-order valence-electron chi connectivity index (χ4n) is 2.84. The highest BCUT2D eigenvalue weighted by Gasteiger charge is 2.21. The van der Waals surface area contributed by atoms with Gasteiger partial charge in [-0.2, -0.15) is 11.8 Å². The molecule has 9 heteroatoms. The third kappa shape index (κ3) is 6.48. The van der Waals surface area contributed by atoms with Crippen LogP contribution in [0.15, 0.2) is 18.2 Å². The lowest BCUT2D eigenvalue weighted by molar-refractivity contribution is -0.142. The third-order valence-electron chi connectivity index (χ3n) is 4.45. The van der Waals surface area contributed by atoms with Gasteiger partial charge in [-0.05, 0) is 43.7 Å².